The van der Waals surface area contributed by atoms with Crippen molar-refractivity contribution in [2.75, 3.05) is 0 Å². The minimum Gasteiger partial charge on any atom is -0.476 e. The molecule has 82 valence electrons. The Morgan fingerprint density at radius 1 is 1.44 bits per heavy atom. The second kappa shape index (κ2) is 3.84. The second-order valence-electron chi connectivity index (χ2n) is 3.28. The van der Waals surface area contributed by atoms with Gasteiger partial charge in [0.1, 0.15) is 11.6 Å². The van der Waals surface area contributed by atoms with Gasteiger partial charge in [0.05, 0.1) is 10.9 Å². The van der Waals surface area contributed by atoms with Crippen molar-refractivity contribution >= 4 is 16.9 Å². The molecule has 1 aromatic carbocycles. The first-order chi connectivity index (χ1) is 7.63. The highest BCUT2D eigenvalue weighted by Gasteiger charge is 2.16. The first-order valence-electron chi connectivity index (χ1n) is 4.82. The molecule has 0 amide bonds. The molecular formula is C11H9FN2O2. The molecule has 1 N–H and O–H groups in total. The van der Waals surface area contributed by atoms with E-state index in [2.05, 4.69) is 9.97 Å². The fourth-order valence-corrected chi connectivity index (χ4v) is 1.50. The fourth-order valence-electron chi connectivity index (χ4n) is 1.50. The molecule has 0 saturated heterocycles. The fraction of sp³-hybridized carbons (Fsp3) is 0.182. The van der Waals surface area contributed by atoms with E-state index in [1.807, 2.05) is 6.92 Å². The molecule has 0 radical (unpaired) electrons. The monoisotopic (exact) mass is 220 g/mol. The summed E-state index contributed by atoms with van der Waals surface area (Å²) in [6.07, 6.45) is 0.507. The van der Waals surface area contributed by atoms with Crippen LogP contribution in [0.1, 0.15) is 23.2 Å². The predicted molar refractivity (Wildman–Crippen MR) is 55.8 cm³/mol. The average Bonchev–Trinajstić information content (AvgIpc) is 2.27. The van der Waals surface area contributed by atoms with E-state index >= 15 is 0 Å². The van der Waals surface area contributed by atoms with Gasteiger partial charge < -0.3 is 5.11 Å². The Morgan fingerprint density at radius 2 is 2.19 bits per heavy atom. The second-order valence-corrected chi connectivity index (χ2v) is 3.28. The van der Waals surface area contributed by atoms with Crippen molar-refractivity contribution in [1.82, 2.24) is 9.97 Å². The number of hydrogen-bond donors (Lipinski definition) is 1. The summed E-state index contributed by atoms with van der Waals surface area (Å²) in [5.41, 5.74) is 0.0456. The van der Waals surface area contributed by atoms with Crippen molar-refractivity contribution in [3.8, 4) is 0 Å². The third-order valence-electron chi connectivity index (χ3n) is 2.24. The zero-order valence-corrected chi connectivity index (χ0v) is 8.57. The quantitative estimate of drug-likeness (QED) is 0.841. The number of aryl methyl sites for hydroxylation is 1. The average molecular weight is 220 g/mol. The normalized spacial score (nSPS) is 10.6. The standard InChI is InChI=1S/C11H9FN2O2/c1-2-8-13-7-5-3-4-6(12)9(7)10(14-8)11(15)16/h3-5H,2H2,1H3,(H,15,16). The van der Waals surface area contributed by atoms with Crippen LogP contribution in [-0.4, -0.2) is 21.0 Å². The van der Waals surface area contributed by atoms with Crippen LogP contribution in [0.2, 0.25) is 0 Å². The van der Waals surface area contributed by atoms with Gasteiger partial charge in [-0.3, -0.25) is 0 Å². The summed E-state index contributed by atoms with van der Waals surface area (Å²) in [4.78, 5) is 18.9. The molecule has 0 saturated carbocycles. The number of halogens is 1. The number of rotatable bonds is 2. The number of hydrogen-bond acceptors (Lipinski definition) is 3. The highest BCUT2D eigenvalue weighted by Crippen LogP contribution is 2.19. The van der Waals surface area contributed by atoms with Crippen molar-refractivity contribution in [3.63, 3.8) is 0 Å². The molecule has 0 bridgehead atoms. The number of fused-ring (bicyclic) bond motifs is 1. The van der Waals surface area contributed by atoms with E-state index in [1.54, 1.807) is 6.07 Å². The van der Waals surface area contributed by atoms with Crippen molar-refractivity contribution in [1.29, 1.82) is 0 Å². The highest BCUT2D eigenvalue weighted by atomic mass is 19.1. The summed E-state index contributed by atoms with van der Waals surface area (Å²) in [6, 6.07) is 4.27. The van der Waals surface area contributed by atoms with E-state index in [-0.39, 0.29) is 11.1 Å². The van der Waals surface area contributed by atoms with E-state index in [9.17, 15) is 9.18 Å². The van der Waals surface area contributed by atoms with E-state index in [1.165, 1.54) is 12.1 Å². The lowest BCUT2D eigenvalue weighted by molar-refractivity contribution is 0.0692. The lowest BCUT2D eigenvalue weighted by atomic mass is 10.1. The number of carboxylic acids is 1. The van der Waals surface area contributed by atoms with Gasteiger partial charge >= 0.3 is 5.97 Å². The third kappa shape index (κ3) is 1.60. The van der Waals surface area contributed by atoms with Gasteiger partial charge in [0.25, 0.3) is 0 Å². The largest absolute Gasteiger partial charge is 0.476 e. The summed E-state index contributed by atoms with van der Waals surface area (Å²) < 4.78 is 13.5. The van der Waals surface area contributed by atoms with Gasteiger partial charge in [-0.2, -0.15) is 0 Å². The van der Waals surface area contributed by atoms with Gasteiger partial charge in [-0.25, -0.2) is 19.2 Å². The minimum absolute atomic E-state index is 0.0350. The first-order valence-corrected chi connectivity index (χ1v) is 4.82. The number of nitrogens with zero attached hydrogens (tertiary/aromatic N) is 2. The molecule has 1 aromatic heterocycles. The highest BCUT2D eigenvalue weighted by molar-refractivity contribution is 6.00. The molecule has 2 aromatic rings. The van der Waals surface area contributed by atoms with Gasteiger partial charge in [0.15, 0.2) is 5.69 Å². The van der Waals surface area contributed by atoms with Crippen molar-refractivity contribution in [3.05, 3.63) is 35.5 Å². The number of aromatic nitrogens is 2. The van der Waals surface area contributed by atoms with Crippen LogP contribution >= 0.6 is 0 Å². The van der Waals surface area contributed by atoms with E-state index in [4.69, 9.17) is 5.11 Å². The van der Waals surface area contributed by atoms with Crippen LogP contribution < -0.4 is 0 Å². The Morgan fingerprint density at radius 3 is 2.81 bits per heavy atom. The summed E-state index contributed by atoms with van der Waals surface area (Å²) in [5.74, 6) is -1.46. The predicted octanol–water partition coefficient (Wildman–Crippen LogP) is 2.03. The molecule has 2 rings (SSSR count). The maximum atomic E-state index is 13.5. The summed E-state index contributed by atoms with van der Waals surface area (Å²) in [5, 5.41) is 8.94. The molecule has 0 atom stereocenters. The minimum atomic E-state index is -1.24. The molecule has 0 aliphatic heterocycles. The maximum absolute atomic E-state index is 13.5. The molecule has 1 heterocycles. The Labute approximate surface area is 90.8 Å². The number of aromatic carboxylic acids is 1. The summed E-state index contributed by atoms with van der Waals surface area (Å²) in [7, 11) is 0. The third-order valence-corrected chi connectivity index (χ3v) is 2.24. The van der Waals surface area contributed by atoms with Crippen molar-refractivity contribution < 1.29 is 14.3 Å². The lowest BCUT2D eigenvalue weighted by Crippen LogP contribution is -2.07. The van der Waals surface area contributed by atoms with Crippen molar-refractivity contribution in [2.24, 2.45) is 0 Å². The van der Waals surface area contributed by atoms with Crippen LogP contribution in [0.25, 0.3) is 10.9 Å². The van der Waals surface area contributed by atoms with Crippen LogP contribution in [0.3, 0.4) is 0 Å². The molecule has 16 heavy (non-hydrogen) atoms. The molecule has 0 unspecified atom stereocenters. The maximum Gasteiger partial charge on any atom is 0.355 e. The van der Waals surface area contributed by atoms with E-state index < -0.39 is 11.8 Å². The van der Waals surface area contributed by atoms with Gasteiger partial charge in [0, 0.05) is 6.42 Å². The number of carbonyl (C=O) groups is 1. The van der Waals surface area contributed by atoms with Gasteiger partial charge in [-0.05, 0) is 12.1 Å². The molecule has 0 aliphatic carbocycles. The van der Waals surface area contributed by atoms with Crippen LogP contribution in [0.15, 0.2) is 18.2 Å². The topological polar surface area (TPSA) is 63.1 Å². The van der Waals surface area contributed by atoms with E-state index in [0.29, 0.717) is 17.8 Å². The van der Waals surface area contributed by atoms with Gasteiger partial charge in [0.2, 0.25) is 0 Å². The van der Waals surface area contributed by atoms with E-state index in [0.717, 1.165) is 0 Å². The van der Waals surface area contributed by atoms with Crippen LogP contribution in [0.5, 0.6) is 0 Å². The molecule has 4 nitrogen and oxygen atoms in total. The molecular weight excluding hydrogens is 211 g/mol. The molecule has 5 heteroatoms. The van der Waals surface area contributed by atoms with Gasteiger partial charge in [-0.15, -0.1) is 0 Å². The number of carboxylic acid groups (broad SMARTS) is 1. The smallest absolute Gasteiger partial charge is 0.355 e. The lowest BCUT2D eigenvalue weighted by Gasteiger charge is -2.04. The molecule has 0 spiro atoms. The Balaban J connectivity index is 2.88. The van der Waals surface area contributed by atoms with Crippen LogP contribution in [-0.2, 0) is 6.42 Å². The van der Waals surface area contributed by atoms with Crippen LogP contribution in [0.4, 0.5) is 4.39 Å². The zero-order valence-electron chi connectivity index (χ0n) is 8.57. The zero-order chi connectivity index (χ0) is 11.7. The van der Waals surface area contributed by atoms with Crippen molar-refractivity contribution in [2.45, 2.75) is 13.3 Å². The first kappa shape index (κ1) is 10.5. The Bertz CT molecular complexity index is 569. The summed E-state index contributed by atoms with van der Waals surface area (Å²) >= 11 is 0. The SMILES string of the molecule is CCc1nc(C(=O)O)c2c(F)cccc2n1. The van der Waals surface area contributed by atoms with Gasteiger partial charge in [-0.1, -0.05) is 13.0 Å². The van der Waals surface area contributed by atoms with Crippen LogP contribution in [0, 0.1) is 5.82 Å². The number of benzene rings is 1. The molecule has 0 aliphatic rings. The Hall–Kier alpha value is -2.04. The summed E-state index contributed by atoms with van der Waals surface area (Å²) in [6.45, 7) is 1.81. The molecule has 0 fully saturated rings. The Kier molecular flexibility index (Phi) is 2.52.